The number of methoxy groups -OCH3 is 1. The first-order valence-electron chi connectivity index (χ1n) is 20.2. The first-order chi connectivity index (χ1) is 27.2. The van der Waals surface area contributed by atoms with Gasteiger partial charge in [-0.15, -0.1) is 0 Å². The summed E-state index contributed by atoms with van der Waals surface area (Å²) in [5.41, 5.74) is 7.04. The second kappa shape index (κ2) is 16.1. The van der Waals surface area contributed by atoms with Gasteiger partial charge in [0.1, 0.15) is 24.9 Å². The Balaban J connectivity index is 1.22. The van der Waals surface area contributed by atoms with Gasteiger partial charge in [-0.05, 0) is 121 Å². The molecule has 9 heteroatoms. The van der Waals surface area contributed by atoms with Crippen LogP contribution in [0.15, 0.2) is 60.7 Å². The van der Waals surface area contributed by atoms with Crippen molar-refractivity contribution >= 4 is 28.2 Å². The van der Waals surface area contributed by atoms with E-state index >= 15 is 0 Å². The summed E-state index contributed by atoms with van der Waals surface area (Å²) in [6.07, 6.45) is 11.4. The number of nitrogens with one attached hydrogen (secondary N) is 1. The van der Waals surface area contributed by atoms with Gasteiger partial charge >= 0.3 is 5.97 Å². The van der Waals surface area contributed by atoms with Crippen LogP contribution in [0.3, 0.4) is 0 Å². The number of benzene rings is 3. The zero-order valence-electron chi connectivity index (χ0n) is 32.1. The third-order valence-electron chi connectivity index (χ3n) is 12.9. The maximum Gasteiger partial charge on any atom is 0.318 e. The molecule has 3 aromatic carbocycles. The molecular weight excluding hydrogens is 707 g/mol. The van der Waals surface area contributed by atoms with E-state index < -0.39 is 12.1 Å². The molecule has 9 nitrogen and oxygen atoms in total. The van der Waals surface area contributed by atoms with E-state index in [1.807, 2.05) is 24.3 Å². The summed E-state index contributed by atoms with van der Waals surface area (Å²) in [4.78, 5) is 31.6. The van der Waals surface area contributed by atoms with Crippen molar-refractivity contribution in [3.8, 4) is 34.8 Å². The number of carbonyl (C=O) groups is 2. The number of rotatable bonds is 7. The van der Waals surface area contributed by atoms with E-state index in [-0.39, 0.29) is 73.3 Å². The number of phenolic OH excluding ortho intramolecular Hbond substituents is 2. The summed E-state index contributed by atoms with van der Waals surface area (Å²) in [5.74, 6) is 6.79. The Morgan fingerprint density at radius 3 is 2.59 bits per heavy atom. The molecule has 1 aromatic heterocycles. The van der Waals surface area contributed by atoms with Crippen molar-refractivity contribution in [3.05, 3.63) is 88.6 Å². The van der Waals surface area contributed by atoms with Crippen molar-refractivity contribution in [3.63, 3.8) is 0 Å². The largest absolute Gasteiger partial charge is 0.504 e. The topological polar surface area (TPSA) is 138 Å². The molecule has 2 heterocycles. The SMILES string of the molecule is COc1cc2c(cc1O)C1=C[C@H]3CC4(CCCC4)CC[C@@H]3[C@H]2CC(=O)C[C@@H](CCc2ccc(O)c(OCCO)c2)OC(=O)CC#CCc2c1[nH]c1ccccc21. The number of aromatic nitrogens is 1. The van der Waals surface area contributed by atoms with E-state index in [0.29, 0.717) is 30.4 Å². The number of aliphatic hydroxyl groups is 1. The van der Waals surface area contributed by atoms with Crippen LogP contribution in [0.5, 0.6) is 23.0 Å². The molecule has 0 unspecified atom stereocenters. The van der Waals surface area contributed by atoms with Gasteiger partial charge in [-0.3, -0.25) is 9.59 Å². The Morgan fingerprint density at radius 1 is 0.946 bits per heavy atom. The molecule has 4 aromatic rings. The monoisotopic (exact) mass is 757 g/mol. The van der Waals surface area contributed by atoms with E-state index in [1.165, 1.54) is 25.7 Å². The molecular formula is C47H51NO8. The number of hydrogen-bond acceptors (Lipinski definition) is 8. The Hall–Kier alpha value is -5.20. The fourth-order valence-corrected chi connectivity index (χ4v) is 10.2. The van der Waals surface area contributed by atoms with Gasteiger partial charge in [0.25, 0.3) is 0 Å². The fourth-order valence-electron chi connectivity index (χ4n) is 10.2. The lowest BCUT2D eigenvalue weighted by atomic mass is 9.60. The van der Waals surface area contributed by atoms with E-state index in [0.717, 1.165) is 63.7 Å². The van der Waals surface area contributed by atoms with E-state index in [1.54, 1.807) is 25.3 Å². The van der Waals surface area contributed by atoms with Crippen LogP contribution in [0.4, 0.5) is 0 Å². The van der Waals surface area contributed by atoms with Gasteiger partial charge in [-0.25, -0.2) is 0 Å². The normalized spacial score (nSPS) is 23.3. The Labute approximate surface area is 328 Å². The number of para-hydroxylation sites is 1. The van der Waals surface area contributed by atoms with Crippen LogP contribution in [0, 0.1) is 29.1 Å². The van der Waals surface area contributed by atoms with Crippen molar-refractivity contribution in [1.29, 1.82) is 0 Å². The highest BCUT2D eigenvalue weighted by atomic mass is 16.5. The third kappa shape index (κ3) is 7.64. The van der Waals surface area contributed by atoms with Gasteiger partial charge in [-0.2, -0.15) is 0 Å². The molecule has 4 N–H and O–H groups in total. The van der Waals surface area contributed by atoms with Crippen LogP contribution in [-0.4, -0.2) is 58.5 Å². The minimum atomic E-state index is -0.683. The van der Waals surface area contributed by atoms with E-state index in [4.69, 9.17) is 14.2 Å². The first kappa shape index (κ1) is 37.7. The van der Waals surface area contributed by atoms with Crippen LogP contribution in [0.1, 0.15) is 104 Å². The summed E-state index contributed by atoms with van der Waals surface area (Å²) < 4.78 is 17.3. The smallest absolute Gasteiger partial charge is 0.318 e. The number of carbonyl (C=O) groups excluding carboxylic acids is 2. The van der Waals surface area contributed by atoms with Crippen molar-refractivity contribution in [2.45, 2.75) is 95.5 Å². The molecule has 0 amide bonds. The number of H-pyrrole nitrogens is 1. The van der Waals surface area contributed by atoms with Crippen molar-refractivity contribution < 1.29 is 39.1 Å². The van der Waals surface area contributed by atoms with Gasteiger partial charge in [0.05, 0.1) is 19.4 Å². The number of cyclic esters (lactones) is 1. The van der Waals surface area contributed by atoms with E-state index in [2.05, 4.69) is 35.0 Å². The summed E-state index contributed by atoms with van der Waals surface area (Å²) in [5, 5.41) is 31.9. The van der Waals surface area contributed by atoms with Crippen molar-refractivity contribution in [1.82, 2.24) is 4.98 Å². The van der Waals surface area contributed by atoms with Gasteiger partial charge in [-0.1, -0.05) is 55.0 Å². The molecule has 0 saturated heterocycles. The van der Waals surface area contributed by atoms with Crippen LogP contribution in [-0.2, 0) is 27.2 Å². The standard InChI is InChI=1S/C47H51NO8/c1-54-43-27-38-36-25-31(50)24-32(14-12-29-13-15-41(51)44(22-29)55-21-20-49)56-45(53)11-5-3-9-35-34-8-2-4-10-40(34)48-46(35)39(37(38)26-42(43)52)23-30-28-47(17-6-7-18-47)19-16-33(30)36/h2,4,8,10,13,15,22-23,26-27,30,32-33,36,48-49,51-52H,6-7,9,11-12,14,16-21,24-25,28H2,1H3/t30-,32+,33-,36+/m0/s1. The summed E-state index contributed by atoms with van der Waals surface area (Å²) in [6.45, 7) is -0.140. The molecule has 4 atom stereocenters. The Bertz CT molecular complexity index is 2220. The van der Waals surface area contributed by atoms with Crippen LogP contribution < -0.4 is 9.47 Å². The number of Topliss-reactive ketones (excluding diaryl/α,β-unsaturated/α-hetero) is 1. The van der Waals surface area contributed by atoms with Gasteiger partial charge < -0.3 is 34.5 Å². The molecule has 0 radical (unpaired) electrons. The molecule has 8 rings (SSSR count). The fraction of sp³-hybridized carbons (Fsp3) is 0.447. The summed E-state index contributed by atoms with van der Waals surface area (Å²) >= 11 is 0. The number of aromatic amines is 1. The highest BCUT2D eigenvalue weighted by Crippen LogP contribution is 2.58. The maximum atomic E-state index is 14.5. The zero-order valence-corrected chi connectivity index (χ0v) is 32.1. The van der Waals surface area contributed by atoms with Crippen LogP contribution in [0.25, 0.3) is 16.5 Å². The highest BCUT2D eigenvalue weighted by Gasteiger charge is 2.46. The molecule has 2 saturated carbocycles. The number of hydrogen-bond donors (Lipinski definition) is 4. The average molecular weight is 758 g/mol. The zero-order chi connectivity index (χ0) is 38.8. The Kier molecular flexibility index (Phi) is 10.8. The molecule has 4 aliphatic rings. The lowest BCUT2D eigenvalue weighted by Crippen LogP contribution is -2.34. The molecule has 56 heavy (non-hydrogen) atoms. The minimum absolute atomic E-state index is 0.0105. The number of fused-ring (bicyclic) bond motifs is 6. The van der Waals surface area contributed by atoms with Crippen molar-refractivity contribution in [2.24, 2.45) is 17.3 Å². The van der Waals surface area contributed by atoms with Crippen molar-refractivity contribution in [2.75, 3.05) is 20.3 Å². The third-order valence-corrected chi connectivity index (χ3v) is 12.9. The number of ketones is 1. The number of aliphatic hydroxyl groups excluding tert-OH is 1. The van der Waals surface area contributed by atoms with Crippen LogP contribution >= 0.6 is 0 Å². The number of ether oxygens (including phenoxy) is 3. The molecule has 292 valence electrons. The van der Waals surface area contributed by atoms with Gasteiger partial charge in [0, 0.05) is 35.7 Å². The Morgan fingerprint density at radius 2 is 1.77 bits per heavy atom. The number of phenols is 2. The molecule has 3 aliphatic carbocycles. The molecule has 2 fully saturated rings. The second-order valence-electron chi connectivity index (χ2n) is 16.3. The quantitative estimate of drug-likeness (QED) is 0.109. The summed E-state index contributed by atoms with van der Waals surface area (Å²) in [7, 11) is 1.56. The average Bonchev–Trinajstić information content (AvgIpc) is 3.77. The first-order valence-corrected chi connectivity index (χ1v) is 20.2. The lowest BCUT2D eigenvalue weighted by Gasteiger charge is -2.44. The second-order valence-corrected chi connectivity index (χ2v) is 16.3. The van der Waals surface area contributed by atoms with Crippen LogP contribution in [0.2, 0.25) is 0 Å². The predicted molar refractivity (Wildman–Crippen MR) is 214 cm³/mol. The number of allylic oxidation sites excluding steroid dienone is 1. The predicted octanol–water partition coefficient (Wildman–Crippen LogP) is 8.31. The van der Waals surface area contributed by atoms with Gasteiger partial charge in [0.2, 0.25) is 0 Å². The van der Waals surface area contributed by atoms with Gasteiger partial charge in [0.15, 0.2) is 23.0 Å². The number of aryl methyl sites for hydroxylation is 1. The maximum absolute atomic E-state index is 14.5. The van der Waals surface area contributed by atoms with E-state index in [9.17, 15) is 24.9 Å². The minimum Gasteiger partial charge on any atom is -0.504 e. The summed E-state index contributed by atoms with van der Waals surface area (Å²) in [6, 6.07) is 17.0. The highest BCUT2D eigenvalue weighted by molar-refractivity contribution is 5.94. The molecule has 1 spiro atoms. The molecule has 1 aliphatic heterocycles. The number of aromatic hydroxyl groups is 2. The number of esters is 1. The molecule has 2 bridgehead atoms. The lowest BCUT2D eigenvalue weighted by molar-refractivity contribution is -0.149.